The van der Waals surface area contributed by atoms with Crippen LogP contribution in [-0.4, -0.2) is 24.2 Å². The number of fused-ring (bicyclic) bond motifs is 1. The fraction of sp³-hybridized carbons (Fsp3) is 0.316. The van der Waals surface area contributed by atoms with Gasteiger partial charge in [-0.2, -0.15) is 13.2 Å². The zero-order valence-corrected chi connectivity index (χ0v) is 15.0. The third kappa shape index (κ3) is 3.66. The summed E-state index contributed by atoms with van der Waals surface area (Å²) in [6.07, 6.45) is -3.60. The number of halogens is 3. The van der Waals surface area contributed by atoms with Crippen molar-refractivity contribution in [1.29, 1.82) is 0 Å². The number of hydrogen-bond donors (Lipinski definition) is 0. The molecule has 1 fully saturated rings. The SMILES string of the molecule is [O]c1cc(N2CCC(Oc3ccccc3C(F)(F)F)CC2)c2ncsc2c1. The Labute approximate surface area is 157 Å². The normalized spacial score (nSPS) is 16.0. The van der Waals surface area contributed by atoms with Crippen LogP contribution in [0.2, 0.25) is 0 Å². The van der Waals surface area contributed by atoms with Crippen molar-refractivity contribution in [2.75, 3.05) is 18.0 Å². The first-order chi connectivity index (χ1) is 12.9. The summed E-state index contributed by atoms with van der Waals surface area (Å²) in [6, 6.07) is 8.42. The highest BCUT2D eigenvalue weighted by atomic mass is 32.1. The summed E-state index contributed by atoms with van der Waals surface area (Å²) in [6.45, 7) is 1.18. The van der Waals surface area contributed by atoms with Crippen molar-refractivity contribution >= 4 is 27.2 Å². The second-order valence-electron chi connectivity index (χ2n) is 6.44. The molecule has 1 saturated heterocycles. The van der Waals surface area contributed by atoms with Gasteiger partial charge in [-0.3, -0.25) is 5.11 Å². The maximum Gasteiger partial charge on any atom is 0.419 e. The lowest BCUT2D eigenvalue weighted by atomic mass is 10.1. The largest absolute Gasteiger partial charge is 0.490 e. The van der Waals surface area contributed by atoms with Crippen molar-refractivity contribution in [2.45, 2.75) is 25.1 Å². The fourth-order valence-electron chi connectivity index (χ4n) is 3.36. The molecule has 0 atom stereocenters. The van der Waals surface area contributed by atoms with Gasteiger partial charge in [-0.1, -0.05) is 12.1 Å². The van der Waals surface area contributed by atoms with Crippen LogP contribution in [0.1, 0.15) is 18.4 Å². The molecule has 8 heteroatoms. The molecule has 0 bridgehead atoms. The lowest BCUT2D eigenvalue weighted by Crippen LogP contribution is -2.38. The minimum absolute atomic E-state index is 0.0702. The number of thiazole rings is 1. The topological polar surface area (TPSA) is 45.3 Å². The second-order valence-corrected chi connectivity index (χ2v) is 7.33. The van der Waals surface area contributed by atoms with Crippen LogP contribution in [0.15, 0.2) is 41.9 Å². The zero-order valence-electron chi connectivity index (χ0n) is 14.2. The second kappa shape index (κ2) is 6.92. The Hall–Kier alpha value is -2.48. The molecule has 27 heavy (non-hydrogen) atoms. The van der Waals surface area contributed by atoms with E-state index in [4.69, 9.17) is 4.74 Å². The minimum atomic E-state index is -4.44. The number of piperidine rings is 1. The molecule has 0 saturated carbocycles. The quantitative estimate of drug-likeness (QED) is 0.590. The lowest BCUT2D eigenvalue weighted by Gasteiger charge is -2.34. The predicted octanol–water partition coefficient (Wildman–Crippen LogP) is 5.51. The average Bonchev–Trinajstić information content (AvgIpc) is 3.09. The van der Waals surface area contributed by atoms with Gasteiger partial charge in [-0.25, -0.2) is 4.98 Å². The Balaban J connectivity index is 1.48. The Morgan fingerprint density at radius 1 is 1.15 bits per heavy atom. The van der Waals surface area contributed by atoms with Crippen molar-refractivity contribution < 1.29 is 23.0 Å². The van der Waals surface area contributed by atoms with E-state index in [0.717, 1.165) is 22.0 Å². The van der Waals surface area contributed by atoms with E-state index in [1.54, 1.807) is 23.7 Å². The van der Waals surface area contributed by atoms with E-state index < -0.39 is 11.7 Å². The maximum absolute atomic E-state index is 13.1. The summed E-state index contributed by atoms with van der Waals surface area (Å²) in [5.41, 5.74) is 2.53. The Kier molecular flexibility index (Phi) is 4.59. The number of alkyl halides is 3. The molecule has 1 aliphatic heterocycles. The summed E-state index contributed by atoms with van der Waals surface area (Å²) in [5.74, 6) is -0.203. The monoisotopic (exact) mass is 393 g/mol. The molecule has 0 spiro atoms. The molecule has 1 radical (unpaired) electrons. The molecule has 3 aromatic rings. The molecule has 1 aromatic heterocycles. The number of anilines is 1. The molecule has 0 amide bonds. The summed E-state index contributed by atoms with van der Waals surface area (Å²) >= 11 is 1.42. The van der Waals surface area contributed by atoms with Crippen LogP contribution >= 0.6 is 11.3 Å². The van der Waals surface area contributed by atoms with E-state index in [-0.39, 0.29) is 17.6 Å². The summed E-state index contributed by atoms with van der Waals surface area (Å²) in [7, 11) is 0. The molecule has 141 valence electrons. The number of rotatable bonds is 3. The Bertz CT molecular complexity index is 950. The van der Waals surface area contributed by atoms with Crippen LogP contribution in [0.5, 0.6) is 11.5 Å². The van der Waals surface area contributed by atoms with Gasteiger partial charge < -0.3 is 9.64 Å². The van der Waals surface area contributed by atoms with Gasteiger partial charge in [0.15, 0.2) is 5.75 Å². The molecule has 2 heterocycles. The van der Waals surface area contributed by atoms with Gasteiger partial charge in [0, 0.05) is 38.1 Å². The van der Waals surface area contributed by atoms with Gasteiger partial charge in [0.2, 0.25) is 0 Å². The van der Waals surface area contributed by atoms with Crippen molar-refractivity contribution in [3.8, 4) is 11.5 Å². The van der Waals surface area contributed by atoms with Crippen LogP contribution < -0.4 is 9.64 Å². The van der Waals surface area contributed by atoms with Crippen molar-refractivity contribution in [2.24, 2.45) is 0 Å². The number of aromatic nitrogens is 1. The van der Waals surface area contributed by atoms with Gasteiger partial charge in [-0.05, 0) is 12.1 Å². The van der Waals surface area contributed by atoms with Gasteiger partial charge in [0.05, 0.1) is 21.5 Å². The van der Waals surface area contributed by atoms with E-state index in [0.29, 0.717) is 25.9 Å². The summed E-state index contributed by atoms with van der Waals surface area (Å²) < 4.78 is 45.9. The maximum atomic E-state index is 13.1. The Morgan fingerprint density at radius 3 is 2.63 bits per heavy atom. The first-order valence-electron chi connectivity index (χ1n) is 8.54. The van der Waals surface area contributed by atoms with Gasteiger partial charge in [0.25, 0.3) is 0 Å². The van der Waals surface area contributed by atoms with Gasteiger partial charge >= 0.3 is 6.18 Å². The molecule has 4 rings (SSSR count). The van der Waals surface area contributed by atoms with E-state index in [2.05, 4.69) is 9.88 Å². The molecule has 4 nitrogen and oxygen atoms in total. The van der Waals surface area contributed by atoms with Crippen molar-refractivity contribution in [1.82, 2.24) is 4.98 Å². The highest BCUT2D eigenvalue weighted by Gasteiger charge is 2.35. The van der Waals surface area contributed by atoms with Crippen LogP contribution in [-0.2, 0) is 11.3 Å². The van der Waals surface area contributed by atoms with E-state index in [1.165, 1.54) is 23.5 Å². The average molecular weight is 393 g/mol. The minimum Gasteiger partial charge on any atom is -0.490 e. The Morgan fingerprint density at radius 2 is 1.89 bits per heavy atom. The first kappa shape index (κ1) is 17.9. The highest BCUT2D eigenvalue weighted by molar-refractivity contribution is 7.16. The van der Waals surface area contributed by atoms with Gasteiger partial charge in [0.1, 0.15) is 17.4 Å². The standard InChI is InChI=1S/C19H16F3N2O2S/c20-19(21,22)14-3-1-2-4-16(14)26-13-5-7-24(8-6-13)15-9-12(25)10-17-18(15)23-11-27-17/h1-4,9-11,13H,5-8H2. The number of nitrogens with zero attached hydrogens (tertiary/aromatic N) is 2. The number of ether oxygens (including phenoxy) is 1. The van der Waals surface area contributed by atoms with Crippen molar-refractivity contribution in [3.05, 3.63) is 47.5 Å². The zero-order chi connectivity index (χ0) is 19.0. The molecule has 0 aliphatic carbocycles. The molecule has 1 aliphatic rings. The van der Waals surface area contributed by atoms with E-state index in [1.807, 2.05) is 0 Å². The van der Waals surface area contributed by atoms with Crippen LogP contribution in [0.4, 0.5) is 18.9 Å². The first-order valence-corrected chi connectivity index (χ1v) is 9.42. The molecular formula is C19H16F3N2O2S. The fourth-order valence-corrected chi connectivity index (χ4v) is 4.09. The number of hydrogen-bond acceptors (Lipinski definition) is 4. The van der Waals surface area contributed by atoms with Crippen LogP contribution in [0.25, 0.3) is 10.2 Å². The summed E-state index contributed by atoms with van der Waals surface area (Å²) in [4.78, 5) is 6.40. The highest BCUT2D eigenvalue weighted by Crippen LogP contribution is 2.38. The number of benzene rings is 2. The molecular weight excluding hydrogens is 377 g/mol. The predicted molar refractivity (Wildman–Crippen MR) is 97.1 cm³/mol. The van der Waals surface area contributed by atoms with Gasteiger partial charge in [-0.15, -0.1) is 11.3 Å². The van der Waals surface area contributed by atoms with E-state index in [9.17, 15) is 18.3 Å². The molecule has 2 aromatic carbocycles. The number of para-hydroxylation sites is 1. The lowest BCUT2D eigenvalue weighted by molar-refractivity contribution is -0.139. The third-order valence-corrected chi connectivity index (χ3v) is 5.43. The molecule has 0 unspecified atom stereocenters. The molecule has 0 N–H and O–H groups in total. The smallest absolute Gasteiger partial charge is 0.419 e. The van der Waals surface area contributed by atoms with Crippen LogP contribution in [0.3, 0.4) is 0 Å². The summed E-state index contributed by atoms with van der Waals surface area (Å²) in [5, 5.41) is 11.9. The van der Waals surface area contributed by atoms with E-state index >= 15 is 0 Å². The third-order valence-electron chi connectivity index (χ3n) is 4.66. The van der Waals surface area contributed by atoms with Crippen molar-refractivity contribution in [3.63, 3.8) is 0 Å². The van der Waals surface area contributed by atoms with Crippen LogP contribution in [0, 0.1) is 0 Å².